The van der Waals surface area contributed by atoms with Gasteiger partial charge in [0.05, 0.1) is 18.5 Å². The van der Waals surface area contributed by atoms with Crippen molar-refractivity contribution in [2.24, 2.45) is 7.05 Å². The number of aromatic nitrogens is 2. The Hall–Kier alpha value is -3.03. The molecule has 1 amide bonds. The van der Waals surface area contributed by atoms with Crippen LogP contribution in [0, 0.1) is 6.92 Å². The largest absolute Gasteiger partial charge is 0.486 e. The van der Waals surface area contributed by atoms with Crippen LogP contribution in [0.2, 0.25) is 0 Å². The van der Waals surface area contributed by atoms with Crippen LogP contribution in [-0.2, 0) is 11.8 Å². The number of rotatable bonds is 3. The Balaban J connectivity index is 1.89. The van der Waals surface area contributed by atoms with E-state index >= 15 is 0 Å². The molecule has 1 aliphatic heterocycles. The molecule has 0 spiro atoms. The van der Waals surface area contributed by atoms with Crippen LogP contribution in [0.5, 0.6) is 11.5 Å². The number of methoxy groups -OCH3 is 1. The molecule has 2 aromatic rings. The molecule has 0 aliphatic carbocycles. The molecular weight excluding hydrogens is 314 g/mol. The average molecular weight is 331 g/mol. The molecule has 1 aliphatic rings. The van der Waals surface area contributed by atoms with Gasteiger partial charge in [-0.2, -0.15) is 5.10 Å². The zero-order valence-electron chi connectivity index (χ0n) is 13.6. The van der Waals surface area contributed by atoms with Crippen molar-refractivity contribution in [1.82, 2.24) is 9.78 Å². The predicted molar refractivity (Wildman–Crippen MR) is 84.7 cm³/mol. The van der Waals surface area contributed by atoms with Crippen LogP contribution in [0.1, 0.15) is 26.5 Å². The van der Waals surface area contributed by atoms with Gasteiger partial charge in [-0.1, -0.05) is 0 Å². The Morgan fingerprint density at radius 3 is 2.67 bits per heavy atom. The van der Waals surface area contributed by atoms with Gasteiger partial charge >= 0.3 is 5.97 Å². The summed E-state index contributed by atoms with van der Waals surface area (Å²) in [6.07, 6.45) is 0. The monoisotopic (exact) mass is 331 g/mol. The van der Waals surface area contributed by atoms with Gasteiger partial charge in [-0.25, -0.2) is 4.79 Å². The van der Waals surface area contributed by atoms with E-state index in [1.54, 1.807) is 32.2 Å². The van der Waals surface area contributed by atoms with Gasteiger partial charge in [0, 0.05) is 12.6 Å². The fourth-order valence-corrected chi connectivity index (χ4v) is 2.37. The maximum Gasteiger partial charge on any atom is 0.360 e. The highest BCUT2D eigenvalue weighted by atomic mass is 16.6. The summed E-state index contributed by atoms with van der Waals surface area (Å²) in [5.74, 6) is 0.125. The van der Waals surface area contributed by atoms with Crippen LogP contribution in [0.3, 0.4) is 0 Å². The summed E-state index contributed by atoms with van der Waals surface area (Å²) in [6.45, 7) is 2.67. The minimum atomic E-state index is -0.615. The van der Waals surface area contributed by atoms with Gasteiger partial charge in [-0.05, 0) is 25.1 Å². The lowest BCUT2D eigenvalue weighted by Crippen LogP contribution is -2.18. The first kappa shape index (κ1) is 15.9. The minimum absolute atomic E-state index is 0.0587. The molecule has 0 unspecified atom stereocenters. The lowest BCUT2D eigenvalue weighted by Gasteiger charge is -2.18. The summed E-state index contributed by atoms with van der Waals surface area (Å²) >= 11 is 0. The van der Waals surface area contributed by atoms with Crippen LogP contribution in [0.4, 0.5) is 5.69 Å². The molecule has 0 saturated carbocycles. The number of esters is 1. The van der Waals surface area contributed by atoms with Crippen molar-refractivity contribution in [1.29, 1.82) is 0 Å². The topological polar surface area (TPSA) is 91.7 Å². The van der Waals surface area contributed by atoms with Gasteiger partial charge in [0.25, 0.3) is 5.91 Å². The smallest absolute Gasteiger partial charge is 0.360 e. The Kier molecular flexibility index (Phi) is 4.11. The predicted octanol–water partition coefficient (Wildman–Crippen LogP) is 1.54. The van der Waals surface area contributed by atoms with E-state index in [0.29, 0.717) is 41.7 Å². The number of nitrogens with one attached hydrogen (secondary N) is 1. The van der Waals surface area contributed by atoms with Gasteiger partial charge < -0.3 is 19.5 Å². The summed E-state index contributed by atoms with van der Waals surface area (Å²) in [6, 6.07) is 4.92. The quantitative estimate of drug-likeness (QED) is 0.858. The molecule has 0 saturated heterocycles. The summed E-state index contributed by atoms with van der Waals surface area (Å²) in [5, 5.41) is 6.80. The van der Waals surface area contributed by atoms with Crippen LogP contribution < -0.4 is 14.8 Å². The second-order valence-corrected chi connectivity index (χ2v) is 5.24. The summed E-state index contributed by atoms with van der Waals surface area (Å²) in [7, 11) is 2.94. The number of hydrogen-bond donors (Lipinski definition) is 1. The fraction of sp³-hybridized carbons (Fsp3) is 0.312. The number of carbonyl (C=O) groups is 2. The molecule has 24 heavy (non-hydrogen) atoms. The van der Waals surface area contributed by atoms with Crippen LogP contribution in [-0.4, -0.2) is 42.0 Å². The van der Waals surface area contributed by atoms with Crippen molar-refractivity contribution in [3.63, 3.8) is 0 Å². The van der Waals surface area contributed by atoms with E-state index in [1.165, 1.54) is 11.8 Å². The first-order valence-electron chi connectivity index (χ1n) is 7.34. The normalized spacial score (nSPS) is 12.6. The molecule has 3 rings (SSSR count). The molecular formula is C16H17N3O5. The van der Waals surface area contributed by atoms with Crippen LogP contribution >= 0.6 is 0 Å². The zero-order chi connectivity index (χ0) is 17.3. The van der Waals surface area contributed by atoms with E-state index in [9.17, 15) is 9.59 Å². The highest BCUT2D eigenvalue weighted by molar-refractivity contribution is 6.08. The van der Waals surface area contributed by atoms with E-state index in [0.717, 1.165) is 0 Å². The van der Waals surface area contributed by atoms with Crippen molar-refractivity contribution in [3.05, 3.63) is 35.2 Å². The van der Waals surface area contributed by atoms with Crippen molar-refractivity contribution in [2.75, 3.05) is 25.6 Å². The fourth-order valence-electron chi connectivity index (χ4n) is 2.37. The summed E-state index contributed by atoms with van der Waals surface area (Å²) < 4.78 is 17.1. The van der Waals surface area contributed by atoms with Gasteiger partial charge in [-0.3, -0.25) is 9.48 Å². The van der Waals surface area contributed by atoms with Crippen molar-refractivity contribution in [3.8, 4) is 11.5 Å². The van der Waals surface area contributed by atoms with Crippen LogP contribution in [0.25, 0.3) is 0 Å². The second-order valence-electron chi connectivity index (χ2n) is 5.24. The number of fused-ring (bicyclic) bond motifs is 1. The molecule has 0 radical (unpaired) electrons. The minimum Gasteiger partial charge on any atom is -0.486 e. The maximum absolute atomic E-state index is 12.5. The second kappa shape index (κ2) is 6.23. The van der Waals surface area contributed by atoms with Crippen molar-refractivity contribution < 1.29 is 23.8 Å². The Morgan fingerprint density at radius 1 is 1.25 bits per heavy atom. The van der Waals surface area contributed by atoms with Crippen molar-refractivity contribution in [2.45, 2.75) is 6.92 Å². The third-order valence-electron chi connectivity index (χ3n) is 3.76. The number of carbonyl (C=O) groups excluding carboxylic acids is 2. The molecule has 0 atom stereocenters. The number of aryl methyl sites for hydroxylation is 1. The number of ether oxygens (including phenoxy) is 3. The summed E-state index contributed by atoms with van der Waals surface area (Å²) in [5.41, 5.74) is 1.41. The third-order valence-corrected chi connectivity index (χ3v) is 3.76. The SMILES string of the molecule is COC(=O)c1nn(C)c(C)c1NC(=O)c1ccc2c(c1)OCCO2. The van der Waals surface area contributed by atoms with Gasteiger partial charge in [0.2, 0.25) is 0 Å². The maximum atomic E-state index is 12.5. The molecule has 8 heteroatoms. The summed E-state index contributed by atoms with van der Waals surface area (Å²) in [4.78, 5) is 24.4. The average Bonchev–Trinajstić information content (AvgIpc) is 2.89. The van der Waals surface area contributed by atoms with Crippen molar-refractivity contribution >= 4 is 17.6 Å². The molecule has 1 aromatic heterocycles. The van der Waals surface area contributed by atoms with Crippen LogP contribution in [0.15, 0.2) is 18.2 Å². The van der Waals surface area contributed by atoms with E-state index < -0.39 is 5.97 Å². The number of nitrogens with zero attached hydrogens (tertiary/aromatic N) is 2. The molecule has 1 N–H and O–H groups in total. The van der Waals surface area contributed by atoms with E-state index in [-0.39, 0.29) is 11.6 Å². The number of benzene rings is 1. The first-order chi connectivity index (χ1) is 11.5. The Bertz CT molecular complexity index is 812. The Labute approximate surface area is 138 Å². The number of hydrogen-bond acceptors (Lipinski definition) is 6. The molecule has 1 aromatic carbocycles. The zero-order valence-corrected chi connectivity index (χ0v) is 13.6. The molecule has 8 nitrogen and oxygen atoms in total. The van der Waals surface area contributed by atoms with Gasteiger partial charge in [0.15, 0.2) is 17.2 Å². The molecule has 126 valence electrons. The highest BCUT2D eigenvalue weighted by Gasteiger charge is 2.23. The van der Waals surface area contributed by atoms with E-state index in [2.05, 4.69) is 10.4 Å². The standard InChI is InChI=1S/C16H17N3O5/c1-9-13(14(16(21)22-3)18-19(9)2)17-15(20)10-4-5-11-12(8-10)24-7-6-23-11/h4-5,8H,6-7H2,1-3H3,(H,17,20). The van der Waals surface area contributed by atoms with Gasteiger partial charge in [0.1, 0.15) is 13.2 Å². The highest BCUT2D eigenvalue weighted by Crippen LogP contribution is 2.31. The molecule has 2 heterocycles. The van der Waals surface area contributed by atoms with E-state index in [1.807, 2.05) is 0 Å². The number of anilines is 1. The van der Waals surface area contributed by atoms with Gasteiger partial charge in [-0.15, -0.1) is 0 Å². The first-order valence-corrected chi connectivity index (χ1v) is 7.34. The van der Waals surface area contributed by atoms with E-state index in [4.69, 9.17) is 14.2 Å². The lowest BCUT2D eigenvalue weighted by atomic mass is 10.1. The molecule has 0 fully saturated rings. The Morgan fingerprint density at radius 2 is 1.96 bits per heavy atom. The lowest BCUT2D eigenvalue weighted by molar-refractivity contribution is 0.0594. The molecule has 0 bridgehead atoms. The third kappa shape index (κ3) is 2.78. The number of amides is 1.